The number of hydrogen-bond acceptors (Lipinski definition) is 5. The molecular weight excluding hydrogens is 328 g/mol. The van der Waals surface area contributed by atoms with E-state index in [0.29, 0.717) is 6.42 Å². The van der Waals surface area contributed by atoms with Gasteiger partial charge in [0.25, 0.3) is 0 Å². The number of hydrogen-bond donors (Lipinski definition) is 1. The third-order valence-corrected chi connectivity index (χ3v) is 6.78. The summed E-state index contributed by atoms with van der Waals surface area (Å²) in [6.07, 6.45) is 0.385. The molecule has 0 saturated carbocycles. The summed E-state index contributed by atoms with van der Waals surface area (Å²) in [7, 11) is -5.35. The van der Waals surface area contributed by atoms with Gasteiger partial charge in [0, 0.05) is 13.1 Å². The topological polar surface area (TPSA) is 101 Å². The van der Waals surface area contributed by atoms with Crippen LogP contribution in [0.2, 0.25) is 0 Å². The molecule has 9 heteroatoms. The van der Waals surface area contributed by atoms with E-state index in [4.69, 9.17) is 0 Å². The molecule has 2 rings (SSSR count). The molecule has 1 N–H and O–H groups in total. The number of carbonyl (C=O) groups is 1. The second-order valence-electron chi connectivity index (χ2n) is 5.20. The number of nitrogens with one attached hydrogen (secondary N) is 1. The van der Waals surface area contributed by atoms with Crippen LogP contribution in [0.3, 0.4) is 0 Å². The van der Waals surface area contributed by atoms with E-state index in [1.54, 1.807) is 18.2 Å². The smallest absolute Gasteiger partial charge is 0.241 e. The predicted molar refractivity (Wildman–Crippen MR) is 81.5 cm³/mol. The first kappa shape index (κ1) is 16.9. The van der Waals surface area contributed by atoms with Gasteiger partial charge in [-0.25, -0.2) is 21.6 Å². The number of sulfonamides is 1. The van der Waals surface area contributed by atoms with E-state index in [-0.39, 0.29) is 16.4 Å². The van der Waals surface area contributed by atoms with Crippen molar-refractivity contribution in [2.24, 2.45) is 0 Å². The van der Waals surface area contributed by atoms with Gasteiger partial charge in [-0.2, -0.15) is 0 Å². The molecule has 1 heterocycles. The SMILES string of the molecule is CN(C(=O)CNS(=O)(=O)c1ccccc1)C1CCS(=O)(=O)C1. The maximum Gasteiger partial charge on any atom is 0.241 e. The minimum atomic E-state index is -3.75. The van der Waals surface area contributed by atoms with E-state index >= 15 is 0 Å². The Balaban J connectivity index is 1.95. The van der Waals surface area contributed by atoms with Crippen molar-refractivity contribution in [3.63, 3.8) is 0 Å². The van der Waals surface area contributed by atoms with Crippen molar-refractivity contribution in [1.29, 1.82) is 0 Å². The minimum Gasteiger partial charge on any atom is -0.341 e. The van der Waals surface area contributed by atoms with Crippen LogP contribution in [0.5, 0.6) is 0 Å². The average Bonchev–Trinajstić information content (AvgIpc) is 2.85. The highest BCUT2D eigenvalue weighted by Gasteiger charge is 2.32. The fourth-order valence-corrected chi connectivity index (χ4v) is 5.02. The summed E-state index contributed by atoms with van der Waals surface area (Å²) in [5.74, 6) is -0.465. The minimum absolute atomic E-state index is 0.0605. The Morgan fingerprint density at radius 3 is 2.50 bits per heavy atom. The van der Waals surface area contributed by atoms with Crippen molar-refractivity contribution >= 4 is 25.8 Å². The lowest BCUT2D eigenvalue weighted by atomic mass is 10.2. The third-order valence-electron chi connectivity index (χ3n) is 3.62. The Morgan fingerprint density at radius 2 is 1.95 bits per heavy atom. The molecule has 1 aliphatic heterocycles. The summed E-state index contributed by atoms with van der Waals surface area (Å²) in [5.41, 5.74) is 0. The Hall–Kier alpha value is -1.45. The number of rotatable bonds is 5. The summed E-state index contributed by atoms with van der Waals surface area (Å²) in [5, 5.41) is 0. The molecule has 1 saturated heterocycles. The zero-order valence-corrected chi connectivity index (χ0v) is 13.7. The number of sulfone groups is 1. The van der Waals surface area contributed by atoms with Crippen LogP contribution in [0, 0.1) is 0 Å². The number of amides is 1. The normalized spacial score (nSPS) is 20.7. The molecule has 1 aliphatic rings. The molecule has 0 aromatic heterocycles. The molecule has 122 valence electrons. The summed E-state index contributed by atoms with van der Waals surface area (Å²) in [4.78, 5) is 13.4. The molecule has 0 spiro atoms. The second kappa shape index (κ2) is 6.35. The lowest BCUT2D eigenvalue weighted by Crippen LogP contribution is -2.43. The van der Waals surface area contributed by atoms with Crippen LogP contribution in [0.1, 0.15) is 6.42 Å². The highest BCUT2D eigenvalue weighted by Crippen LogP contribution is 2.16. The van der Waals surface area contributed by atoms with Crippen molar-refractivity contribution in [3.05, 3.63) is 30.3 Å². The molecular formula is C13H18N2O5S2. The molecule has 0 radical (unpaired) electrons. The van der Waals surface area contributed by atoms with E-state index < -0.39 is 38.4 Å². The molecule has 7 nitrogen and oxygen atoms in total. The number of nitrogens with zero attached hydrogens (tertiary/aromatic N) is 1. The molecule has 0 aliphatic carbocycles. The van der Waals surface area contributed by atoms with E-state index in [1.165, 1.54) is 24.1 Å². The molecule has 1 atom stereocenters. The van der Waals surface area contributed by atoms with E-state index in [1.807, 2.05) is 0 Å². The first-order valence-electron chi connectivity index (χ1n) is 6.72. The van der Waals surface area contributed by atoms with E-state index in [0.717, 1.165) is 0 Å². The van der Waals surface area contributed by atoms with Crippen LogP contribution in [0.25, 0.3) is 0 Å². The first-order valence-corrected chi connectivity index (χ1v) is 10.0. The van der Waals surface area contributed by atoms with Gasteiger partial charge in [0.15, 0.2) is 9.84 Å². The Morgan fingerprint density at radius 1 is 1.32 bits per heavy atom. The maximum atomic E-state index is 12.0. The van der Waals surface area contributed by atoms with E-state index in [9.17, 15) is 21.6 Å². The molecule has 1 fully saturated rings. The average molecular weight is 346 g/mol. The molecule has 22 heavy (non-hydrogen) atoms. The highest BCUT2D eigenvalue weighted by atomic mass is 32.2. The van der Waals surface area contributed by atoms with Gasteiger partial charge in [0.05, 0.1) is 22.9 Å². The van der Waals surface area contributed by atoms with Gasteiger partial charge >= 0.3 is 0 Å². The standard InChI is InChI=1S/C13H18N2O5S2/c1-15(11-7-8-21(17,18)10-11)13(16)9-14-22(19,20)12-5-3-2-4-6-12/h2-6,11,14H,7-10H2,1H3. The van der Waals surface area contributed by atoms with E-state index in [2.05, 4.69) is 4.72 Å². The molecule has 1 aromatic carbocycles. The van der Waals surface area contributed by atoms with Gasteiger partial charge in [0.2, 0.25) is 15.9 Å². The lowest BCUT2D eigenvalue weighted by molar-refractivity contribution is -0.130. The Kier molecular flexibility index (Phi) is 4.88. The Bertz CT molecular complexity index is 744. The van der Waals surface area contributed by atoms with Crippen LogP contribution in [0.4, 0.5) is 0 Å². The van der Waals surface area contributed by atoms with Crippen LogP contribution in [-0.2, 0) is 24.7 Å². The first-order chi connectivity index (χ1) is 10.2. The number of benzene rings is 1. The van der Waals surface area contributed by atoms with Gasteiger partial charge in [0.1, 0.15) is 0 Å². The third kappa shape index (κ3) is 4.05. The van der Waals surface area contributed by atoms with Crippen LogP contribution < -0.4 is 4.72 Å². The van der Waals surface area contributed by atoms with Crippen LogP contribution in [0.15, 0.2) is 35.2 Å². The fraction of sp³-hybridized carbons (Fsp3) is 0.462. The largest absolute Gasteiger partial charge is 0.341 e. The van der Waals surface area contributed by atoms with Crippen molar-refractivity contribution in [2.75, 3.05) is 25.1 Å². The summed E-state index contributed by atoms with van der Waals surface area (Å²) in [6.45, 7) is -0.399. The van der Waals surface area contributed by atoms with Gasteiger partial charge in [-0.1, -0.05) is 18.2 Å². The molecule has 1 unspecified atom stereocenters. The van der Waals surface area contributed by atoms with Crippen molar-refractivity contribution in [1.82, 2.24) is 9.62 Å². The summed E-state index contributed by atoms with van der Waals surface area (Å²) < 4.78 is 49.1. The zero-order chi connectivity index (χ0) is 16.4. The van der Waals surface area contributed by atoms with Crippen molar-refractivity contribution in [3.8, 4) is 0 Å². The summed E-state index contributed by atoms with van der Waals surface area (Å²) in [6, 6.07) is 7.34. The predicted octanol–water partition coefficient (Wildman–Crippen LogP) is -0.390. The number of carbonyl (C=O) groups excluding carboxylic acids is 1. The fourth-order valence-electron chi connectivity index (χ4n) is 2.25. The monoisotopic (exact) mass is 346 g/mol. The van der Waals surface area contributed by atoms with Gasteiger partial charge in [-0.05, 0) is 18.6 Å². The van der Waals surface area contributed by atoms with Gasteiger partial charge < -0.3 is 4.90 Å². The van der Waals surface area contributed by atoms with Crippen LogP contribution in [-0.4, -0.2) is 58.8 Å². The highest BCUT2D eigenvalue weighted by molar-refractivity contribution is 7.91. The maximum absolute atomic E-state index is 12.0. The number of likely N-dealkylation sites (N-methyl/N-ethyl adjacent to an activating group) is 1. The Labute approximate surface area is 130 Å². The zero-order valence-electron chi connectivity index (χ0n) is 12.1. The second-order valence-corrected chi connectivity index (χ2v) is 9.19. The van der Waals surface area contributed by atoms with Crippen molar-refractivity contribution < 1.29 is 21.6 Å². The van der Waals surface area contributed by atoms with Gasteiger partial charge in [-0.15, -0.1) is 0 Å². The lowest BCUT2D eigenvalue weighted by Gasteiger charge is -2.23. The molecule has 0 bridgehead atoms. The quantitative estimate of drug-likeness (QED) is 0.783. The van der Waals surface area contributed by atoms with Gasteiger partial charge in [-0.3, -0.25) is 4.79 Å². The molecule has 1 amide bonds. The molecule has 1 aromatic rings. The van der Waals surface area contributed by atoms with Crippen molar-refractivity contribution in [2.45, 2.75) is 17.4 Å². The van der Waals surface area contributed by atoms with Crippen LogP contribution >= 0.6 is 0 Å². The summed E-state index contributed by atoms with van der Waals surface area (Å²) >= 11 is 0.